The van der Waals surface area contributed by atoms with Crippen LogP contribution >= 0.6 is 11.3 Å². The van der Waals surface area contributed by atoms with Crippen molar-refractivity contribution in [3.05, 3.63) is 41.7 Å². The van der Waals surface area contributed by atoms with Crippen molar-refractivity contribution < 1.29 is 4.42 Å². The lowest BCUT2D eigenvalue weighted by atomic mass is 10.3. The first-order valence-corrected chi connectivity index (χ1v) is 7.98. The van der Waals surface area contributed by atoms with E-state index in [1.54, 1.807) is 11.3 Å². The van der Waals surface area contributed by atoms with E-state index in [1.807, 2.05) is 35.8 Å². The summed E-state index contributed by atoms with van der Waals surface area (Å²) in [5.74, 6) is 0.805. The van der Waals surface area contributed by atoms with Crippen molar-refractivity contribution in [3.8, 4) is 0 Å². The zero-order chi connectivity index (χ0) is 14.1. The summed E-state index contributed by atoms with van der Waals surface area (Å²) in [4.78, 5) is 13.6. The van der Waals surface area contributed by atoms with E-state index in [9.17, 15) is 0 Å². The van der Waals surface area contributed by atoms with Crippen molar-refractivity contribution in [2.24, 2.45) is 0 Å². The summed E-state index contributed by atoms with van der Waals surface area (Å²) in [6.45, 7) is 4.82. The van der Waals surface area contributed by atoms with E-state index >= 15 is 0 Å². The number of hydrogen-bond acceptors (Lipinski definition) is 6. The molecule has 2 aromatic heterocycles. The first-order chi connectivity index (χ1) is 10.4. The highest BCUT2D eigenvalue weighted by molar-refractivity contribution is 7.13. The van der Waals surface area contributed by atoms with Gasteiger partial charge in [-0.3, -0.25) is 4.90 Å². The predicted octanol–water partition coefficient (Wildman–Crippen LogP) is 2.61. The Balaban J connectivity index is 1.40. The Kier molecular flexibility index (Phi) is 3.33. The number of hydrogen-bond donors (Lipinski definition) is 0. The molecule has 0 aliphatic carbocycles. The molecule has 1 saturated heterocycles. The molecule has 1 aromatic carbocycles. The second-order valence-electron chi connectivity index (χ2n) is 5.15. The lowest BCUT2D eigenvalue weighted by Gasteiger charge is -2.33. The van der Waals surface area contributed by atoms with Crippen LogP contribution in [0, 0.1) is 0 Å². The Morgan fingerprint density at radius 2 is 2.00 bits per heavy atom. The first-order valence-electron chi connectivity index (χ1n) is 7.10. The third kappa shape index (κ3) is 2.64. The molecular weight excluding hydrogens is 284 g/mol. The van der Waals surface area contributed by atoms with Gasteiger partial charge in [-0.25, -0.2) is 9.97 Å². The minimum absolute atomic E-state index is 0.778. The molecule has 3 aromatic rings. The molecule has 0 saturated carbocycles. The quantitative estimate of drug-likeness (QED) is 0.744. The van der Waals surface area contributed by atoms with Gasteiger partial charge in [-0.05, 0) is 12.1 Å². The highest BCUT2D eigenvalue weighted by atomic mass is 32.1. The Bertz CT molecular complexity index is 683. The summed E-state index contributed by atoms with van der Waals surface area (Å²) in [5, 5.41) is 3.15. The number of anilines is 1. The van der Waals surface area contributed by atoms with Crippen LogP contribution in [0.15, 0.2) is 40.3 Å². The van der Waals surface area contributed by atoms with E-state index in [1.165, 1.54) is 0 Å². The summed E-state index contributed by atoms with van der Waals surface area (Å²) in [7, 11) is 0. The second-order valence-corrected chi connectivity index (χ2v) is 6.03. The van der Waals surface area contributed by atoms with Crippen molar-refractivity contribution in [2.45, 2.75) is 6.54 Å². The molecule has 0 bridgehead atoms. The van der Waals surface area contributed by atoms with Crippen LogP contribution in [0.4, 0.5) is 5.13 Å². The minimum Gasteiger partial charge on any atom is -0.439 e. The van der Waals surface area contributed by atoms with Crippen molar-refractivity contribution in [3.63, 3.8) is 0 Å². The van der Waals surface area contributed by atoms with Crippen LogP contribution in [0.2, 0.25) is 0 Å². The van der Waals surface area contributed by atoms with Crippen LogP contribution < -0.4 is 4.90 Å². The third-order valence-corrected chi connectivity index (χ3v) is 4.59. The molecule has 6 heteroatoms. The van der Waals surface area contributed by atoms with Crippen LogP contribution in [0.3, 0.4) is 0 Å². The predicted molar refractivity (Wildman–Crippen MR) is 83.6 cm³/mol. The number of thiazole rings is 1. The highest BCUT2D eigenvalue weighted by Gasteiger charge is 2.20. The lowest BCUT2D eigenvalue weighted by Crippen LogP contribution is -2.45. The molecule has 0 N–H and O–H groups in total. The van der Waals surface area contributed by atoms with Gasteiger partial charge in [0.05, 0.1) is 6.54 Å². The summed E-state index contributed by atoms with van der Waals surface area (Å²) >= 11 is 1.70. The van der Waals surface area contributed by atoms with E-state index < -0.39 is 0 Å². The molecule has 1 aliphatic rings. The number of nitrogens with zero attached hydrogens (tertiary/aromatic N) is 4. The van der Waals surface area contributed by atoms with Crippen molar-refractivity contribution >= 4 is 27.6 Å². The first kappa shape index (κ1) is 12.8. The third-order valence-electron chi connectivity index (χ3n) is 3.76. The molecule has 0 unspecified atom stereocenters. The van der Waals surface area contributed by atoms with E-state index in [4.69, 9.17) is 4.42 Å². The Hall–Kier alpha value is -1.92. The molecule has 3 heterocycles. The summed E-state index contributed by atoms with van der Waals surface area (Å²) < 4.78 is 5.79. The molecule has 0 amide bonds. The Morgan fingerprint density at radius 1 is 1.14 bits per heavy atom. The maximum absolute atomic E-state index is 5.79. The van der Waals surface area contributed by atoms with Gasteiger partial charge in [0.15, 0.2) is 10.7 Å². The van der Waals surface area contributed by atoms with Crippen LogP contribution in [0.1, 0.15) is 5.89 Å². The standard InChI is InChI=1S/C15H16N4OS/c1-2-4-13-12(3-1)17-14(20-13)11-18-6-8-19(9-7-18)15-16-5-10-21-15/h1-5,10H,6-9,11H2. The van der Waals surface area contributed by atoms with Gasteiger partial charge in [-0.2, -0.15) is 0 Å². The summed E-state index contributed by atoms with van der Waals surface area (Å²) in [6, 6.07) is 7.92. The van der Waals surface area contributed by atoms with Gasteiger partial charge in [-0.15, -0.1) is 11.3 Å². The van der Waals surface area contributed by atoms with Crippen LogP contribution in [0.25, 0.3) is 11.1 Å². The zero-order valence-electron chi connectivity index (χ0n) is 11.6. The average molecular weight is 300 g/mol. The monoisotopic (exact) mass is 300 g/mol. The lowest BCUT2D eigenvalue weighted by molar-refractivity contribution is 0.228. The molecule has 0 spiro atoms. The SMILES string of the molecule is c1ccc2oc(CN3CCN(c4nccs4)CC3)nc2c1. The molecule has 4 rings (SSSR count). The van der Waals surface area contributed by atoms with Crippen molar-refractivity contribution in [1.82, 2.24) is 14.9 Å². The number of benzene rings is 1. The maximum Gasteiger partial charge on any atom is 0.209 e. The molecule has 1 fully saturated rings. The Morgan fingerprint density at radius 3 is 2.76 bits per heavy atom. The number of fused-ring (bicyclic) bond motifs is 1. The van der Waals surface area contributed by atoms with E-state index in [0.29, 0.717) is 0 Å². The minimum atomic E-state index is 0.778. The zero-order valence-corrected chi connectivity index (χ0v) is 12.4. The largest absolute Gasteiger partial charge is 0.439 e. The van der Waals surface area contributed by atoms with Crippen molar-refractivity contribution in [1.29, 1.82) is 0 Å². The fourth-order valence-electron chi connectivity index (χ4n) is 2.65. The molecule has 21 heavy (non-hydrogen) atoms. The fraction of sp³-hybridized carbons (Fsp3) is 0.333. The molecule has 1 aliphatic heterocycles. The fourth-order valence-corrected chi connectivity index (χ4v) is 3.35. The van der Waals surface area contributed by atoms with Gasteiger partial charge >= 0.3 is 0 Å². The average Bonchev–Trinajstić information content (AvgIpc) is 3.17. The van der Waals surface area contributed by atoms with Gasteiger partial charge in [0.2, 0.25) is 5.89 Å². The van der Waals surface area contributed by atoms with Gasteiger partial charge in [0.1, 0.15) is 5.52 Å². The Labute approximate surface area is 126 Å². The number of rotatable bonds is 3. The van der Waals surface area contributed by atoms with Crippen molar-refractivity contribution in [2.75, 3.05) is 31.1 Å². The van der Waals surface area contributed by atoms with E-state index in [-0.39, 0.29) is 0 Å². The van der Waals surface area contributed by atoms with Crippen LogP contribution in [-0.4, -0.2) is 41.0 Å². The van der Waals surface area contributed by atoms with E-state index in [2.05, 4.69) is 19.8 Å². The normalized spacial score (nSPS) is 16.7. The van der Waals surface area contributed by atoms with Crippen LogP contribution in [-0.2, 0) is 6.54 Å². The topological polar surface area (TPSA) is 45.4 Å². The molecule has 108 valence electrons. The van der Waals surface area contributed by atoms with E-state index in [0.717, 1.165) is 54.8 Å². The smallest absolute Gasteiger partial charge is 0.209 e. The van der Waals surface area contributed by atoms with Gasteiger partial charge < -0.3 is 9.32 Å². The molecule has 0 radical (unpaired) electrons. The van der Waals surface area contributed by atoms with Gasteiger partial charge in [-0.1, -0.05) is 12.1 Å². The highest BCUT2D eigenvalue weighted by Crippen LogP contribution is 2.20. The molecule has 0 atom stereocenters. The number of aromatic nitrogens is 2. The number of para-hydroxylation sites is 2. The van der Waals surface area contributed by atoms with Crippen LogP contribution in [0.5, 0.6) is 0 Å². The van der Waals surface area contributed by atoms with Gasteiger partial charge in [0, 0.05) is 37.8 Å². The molecular formula is C15H16N4OS. The maximum atomic E-state index is 5.79. The second kappa shape index (κ2) is 5.46. The molecule has 5 nitrogen and oxygen atoms in total. The van der Waals surface area contributed by atoms with Gasteiger partial charge in [0.25, 0.3) is 0 Å². The number of piperazine rings is 1. The summed E-state index contributed by atoms with van der Waals surface area (Å²) in [5.41, 5.74) is 1.81. The number of oxazole rings is 1. The summed E-state index contributed by atoms with van der Waals surface area (Å²) in [6.07, 6.45) is 1.87.